The maximum absolute atomic E-state index is 12.5. The number of likely N-dealkylation sites (tertiary alicyclic amines) is 1. The minimum atomic E-state index is 0.0720. The minimum Gasteiger partial charge on any atom is -0.373 e. The fourth-order valence-corrected chi connectivity index (χ4v) is 2.64. The van der Waals surface area contributed by atoms with E-state index in [4.69, 9.17) is 0 Å². The zero-order valence-electron chi connectivity index (χ0n) is 13.4. The van der Waals surface area contributed by atoms with Crippen LogP contribution in [0.5, 0.6) is 0 Å². The molecule has 116 valence electrons. The number of nitrogens with one attached hydrogen (secondary N) is 1. The highest BCUT2D eigenvalue weighted by Gasteiger charge is 2.16. The first-order valence-corrected chi connectivity index (χ1v) is 7.80. The van der Waals surface area contributed by atoms with Gasteiger partial charge in [-0.15, -0.1) is 0 Å². The van der Waals surface area contributed by atoms with E-state index in [0.29, 0.717) is 0 Å². The topological polar surface area (TPSA) is 48.5 Å². The Balaban J connectivity index is 2.00. The third-order valence-electron chi connectivity index (χ3n) is 4.04. The van der Waals surface area contributed by atoms with Crippen molar-refractivity contribution < 1.29 is 4.79 Å². The molecule has 1 saturated heterocycles. The van der Waals surface area contributed by atoms with E-state index in [1.165, 1.54) is 25.9 Å². The standard InChI is InChI=1S/C16H26N4O/c1-4-14-11-13(12-15(17-2)18-14)16(21)19(3)9-10-20-7-5-6-8-20/h11-12H,4-10H2,1-3H3,(H,17,18). The molecule has 2 rings (SSSR count). The van der Waals surface area contributed by atoms with Crippen LogP contribution in [0.3, 0.4) is 0 Å². The van der Waals surface area contributed by atoms with E-state index in [0.717, 1.165) is 36.6 Å². The van der Waals surface area contributed by atoms with Crippen molar-refractivity contribution in [2.45, 2.75) is 26.2 Å². The highest BCUT2D eigenvalue weighted by Crippen LogP contribution is 2.13. The summed E-state index contributed by atoms with van der Waals surface area (Å²) in [5.41, 5.74) is 1.66. The van der Waals surface area contributed by atoms with Gasteiger partial charge >= 0.3 is 0 Å². The van der Waals surface area contributed by atoms with Crippen molar-refractivity contribution in [3.63, 3.8) is 0 Å². The third kappa shape index (κ3) is 4.17. The summed E-state index contributed by atoms with van der Waals surface area (Å²) in [6.07, 6.45) is 3.40. The smallest absolute Gasteiger partial charge is 0.253 e. The van der Waals surface area contributed by atoms with Crippen molar-refractivity contribution >= 4 is 11.7 Å². The van der Waals surface area contributed by atoms with Crippen LogP contribution in [-0.2, 0) is 6.42 Å². The second-order valence-corrected chi connectivity index (χ2v) is 5.61. The Bertz CT molecular complexity index is 461. The Morgan fingerprint density at radius 2 is 2.10 bits per heavy atom. The van der Waals surface area contributed by atoms with E-state index in [2.05, 4.69) is 15.2 Å². The van der Waals surface area contributed by atoms with E-state index in [1.54, 1.807) is 0 Å². The summed E-state index contributed by atoms with van der Waals surface area (Å²) in [4.78, 5) is 21.2. The molecule has 1 aromatic heterocycles. The van der Waals surface area contributed by atoms with Gasteiger partial charge in [0.25, 0.3) is 5.91 Å². The van der Waals surface area contributed by atoms with Crippen LogP contribution in [0.4, 0.5) is 5.82 Å². The number of rotatable bonds is 6. The molecule has 0 bridgehead atoms. The van der Waals surface area contributed by atoms with Crippen LogP contribution in [0, 0.1) is 0 Å². The fraction of sp³-hybridized carbons (Fsp3) is 0.625. The maximum Gasteiger partial charge on any atom is 0.253 e. The average molecular weight is 290 g/mol. The van der Waals surface area contributed by atoms with Gasteiger partial charge in [0.15, 0.2) is 0 Å². The van der Waals surface area contributed by atoms with Gasteiger partial charge in [-0.2, -0.15) is 0 Å². The molecule has 0 aliphatic carbocycles. The molecule has 1 aliphatic heterocycles. The molecule has 5 nitrogen and oxygen atoms in total. The first kappa shape index (κ1) is 15.8. The van der Waals surface area contributed by atoms with Crippen molar-refractivity contribution in [3.8, 4) is 0 Å². The van der Waals surface area contributed by atoms with Crippen LogP contribution in [0.15, 0.2) is 12.1 Å². The summed E-state index contributed by atoms with van der Waals surface area (Å²) >= 11 is 0. The number of carbonyl (C=O) groups excluding carboxylic acids is 1. The lowest BCUT2D eigenvalue weighted by molar-refractivity contribution is 0.0782. The predicted octanol–water partition coefficient (Wildman–Crippen LogP) is 1.85. The summed E-state index contributed by atoms with van der Waals surface area (Å²) in [5.74, 6) is 0.827. The number of nitrogens with zero attached hydrogens (tertiary/aromatic N) is 3. The van der Waals surface area contributed by atoms with E-state index in [9.17, 15) is 4.79 Å². The van der Waals surface area contributed by atoms with E-state index in [1.807, 2.05) is 38.1 Å². The monoisotopic (exact) mass is 290 g/mol. The third-order valence-corrected chi connectivity index (χ3v) is 4.04. The molecule has 0 unspecified atom stereocenters. The second-order valence-electron chi connectivity index (χ2n) is 5.61. The maximum atomic E-state index is 12.5. The molecule has 1 aliphatic rings. The Morgan fingerprint density at radius 3 is 2.71 bits per heavy atom. The Hall–Kier alpha value is -1.62. The van der Waals surface area contributed by atoms with Gasteiger partial charge in [-0.3, -0.25) is 4.79 Å². The normalized spacial score (nSPS) is 15.2. The van der Waals surface area contributed by atoms with Crippen molar-refractivity contribution in [2.75, 3.05) is 45.6 Å². The van der Waals surface area contributed by atoms with E-state index >= 15 is 0 Å². The molecule has 0 aromatic carbocycles. The van der Waals surface area contributed by atoms with Gasteiger partial charge in [-0.25, -0.2) is 4.98 Å². The summed E-state index contributed by atoms with van der Waals surface area (Å²) in [7, 11) is 3.70. The predicted molar refractivity (Wildman–Crippen MR) is 85.8 cm³/mol. The Morgan fingerprint density at radius 1 is 1.38 bits per heavy atom. The van der Waals surface area contributed by atoms with Crippen molar-refractivity contribution in [3.05, 3.63) is 23.4 Å². The van der Waals surface area contributed by atoms with Gasteiger partial charge in [-0.1, -0.05) is 6.92 Å². The number of hydrogen-bond acceptors (Lipinski definition) is 4. The SMILES string of the molecule is CCc1cc(C(=O)N(C)CCN2CCCC2)cc(NC)n1. The lowest BCUT2D eigenvalue weighted by atomic mass is 10.1. The molecule has 0 atom stereocenters. The number of aromatic nitrogens is 1. The van der Waals surface area contributed by atoms with Crippen LogP contribution in [0.1, 0.15) is 35.8 Å². The van der Waals surface area contributed by atoms with E-state index < -0.39 is 0 Å². The van der Waals surface area contributed by atoms with Gasteiger partial charge in [0.05, 0.1) is 0 Å². The Labute approximate surface area is 127 Å². The van der Waals surface area contributed by atoms with Crippen LogP contribution >= 0.6 is 0 Å². The number of hydrogen-bond donors (Lipinski definition) is 1. The molecule has 1 fully saturated rings. The molecule has 0 saturated carbocycles. The Kier molecular flexibility index (Phi) is 5.56. The van der Waals surface area contributed by atoms with E-state index in [-0.39, 0.29) is 5.91 Å². The number of pyridine rings is 1. The quantitative estimate of drug-likeness (QED) is 0.868. The summed E-state index contributed by atoms with van der Waals surface area (Å²) in [5, 5.41) is 3.02. The molecule has 2 heterocycles. The zero-order valence-corrected chi connectivity index (χ0v) is 13.4. The highest BCUT2D eigenvalue weighted by molar-refractivity contribution is 5.94. The first-order chi connectivity index (χ1) is 10.1. The molecule has 21 heavy (non-hydrogen) atoms. The second kappa shape index (κ2) is 7.41. The summed E-state index contributed by atoms with van der Waals surface area (Å²) < 4.78 is 0. The molecule has 0 radical (unpaired) electrons. The fourth-order valence-electron chi connectivity index (χ4n) is 2.64. The number of carbonyl (C=O) groups is 1. The molecule has 1 aromatic rings. The van der Waals surface area contributed by atoms with Crippen molar-refractivity contribution in [1.82, 2.24) is 14.8 Å². The number of anilines is 1. The van der Waals surface area contributed by atoms with Gasteiger partial charge < -0.3 is 15.1 Å². The molecule has 0 spiro atoms. The molecule has 1 amide bonds. The zero-order chi connectivity index (χ0) is 15.2. The number of likely N-dealkylation sites (N-methyl/N-ethyl adjacent to an activating group) is 1. The van der Waals surface area contributed by atoms with Crippen LogP contribution < -0.4 is 5.32 Å². The molecule has 1 N–H and O–H groups in total. The van der Waals surface area contributed by atoms with Gasteiger partial charge in [0.2, 0.25) is 0 Å². The van der Waals surface area contributed by atoms with Crippen LogP contribution in [0.25, 0.3) is 0 Å². The minimum absolute atomic E-state index is 0.0720. The number of aryl methyl sites for hydroxylation is 1. The van der Waals surface area contributed by atoms with Gasteiger partial charge in [0.1, 0.15) is 5.82 Å². The summed E-state index contributed by atoms with van der Waals surface area (Å²) in [6, 6.07) is 3.73. The largest absolute Gasteiger partial charge is 0.373 e. The number of amides is 1. The van der Waals surface area contributed by atoms with Crippen LogP contribution in [0.2, 0.25) is 0 Å². The van der Waals surface area contributed by atoms with Crippen molar-refractivity contribution in [2.24, 2.45) is 0 Å². The lowest BCUT2D eigenvalue weighted by Gasteiger charge is -2.22. The van der Waals surface area contributed by atoms with Crippen molar-refractivity contribution in [1.29, 1.82) is 0 Å². The lowest BCUT2D eigenvalue weighted by Crippen LogP contribution is -2.35. The highest BCUT2D eigenvalue weighted by atomic mass is 16.2. The van der Waals surface area contributed by atoms with Crippen LogP contribution in [-0.4, -0.2) is 61.0 Å². The molecular formula is C16H26N4O. The van der Waals surface area contributed by atoms with Gasteiger partial charge in [-0.05, 0) is 44.5 Å². The van der Waals surface area contributed by atoms with Gasteiger partial charge in [0, 0.05) is 38.4 Å². The summed E-state index contributed by atoms with van der Waals surface area (Å²) in [6.45, 7) is 6.12. The molecular weight excluding hydrogens is 264 g/mol. The first-order valence-electron chi connectivity index (χ1n) is 7.80. The average Bonchev–Trinajstić information content (AvgIpc) is 3.04. The molecule has 5 heteroatoms.